The highest BCUT2D eigenvalue weighted by atomic mass is 32.1. The highest BCUT2D eigenvalue weighted by Gasteiger charge is 2.31. The van der Waals surface area contributed by atoms with E-state index in [1.54, 1.807) is 27.6 Å². The van der Waals surface area contributed by atoms with Crippen molar-refractivity contribution in [3.05, 3.63) is 44.8 Å². The summed E-state index contributed by atoms with van der Waals surface area (Å²) in [7, 11) is 0. The van der Waals surface area contributed by atoms with Gasteiger partial charge in [-0.3, -0.25) is 0 Å². The van der Waals surface area contributed by atoms with Crippen molar-refractivity contribution in [1.29, 1.82) is 0 Å². The molecule has 1 amide bonds. The van der Waals surface area contributed by atoms with Gasteiger partial charge in [-0.1, -0.05) is 12.1 Å². The minimum absolute atomic E-state index is 0.0585. The molecule has 1 N–H and O–H groups in total. The number of carbonyl (C=O) groups excluding carboxylic acids is 1. The van der Waals surface area contributed by atoms with Crippen molar-refractivity contribution in [2.24, 2.45) is 0 Å². The van der Waals surface area contributed by atoms with E-state index in [4.69, 9.17) is 4.74 Å². The van der Waals surface area contributed by atoms with Gasteiger partial charge >= 0.3 is 6.09 Å². The SMILES string of the molecule is CC(C)N(CC(O)C(c1cccs1)c1cccs1)C(=O)OC(C)(C)C. The quantitative estimate of drug-likeness (QED) is 0.770. The van der Waals surface area contributed by atoms with Gasteiger partial charge in [0.05, 0.1) is 18.6 Å². The van der Waals surface area contributed by atoms with Gasteiger partial charge in [0.1, 0.15) is 5.60 Å². The van der Waals surface area contributed by atoms with Crippen LogP contribution < -0.4 is 0 Å². The van der Waals surface area contributed by atoms with Crippen molar-refractivity contribution in [3.8, 4) is 0 Å². The second-order valence-corrected chi connectivity index (χ2v) is 9.26. The molecule has 2 aromatic heterocycles. The standard InChI is InChI=1S/C19H27NO3S2/c1-13(2)20(18(22)23-19(3,4)5)12-14(21)17(15-8-6-10-24-15)16-9-7-11-25-16/h6-11,13-14,17,21H,12H2,1-5H3. The van der Waals surface area contributed by atoms with E-state index in [0.29, 0.717) is 0 Å². The molecule has 6 heteroatoms. The summed E-state index contributed by atoms with van der Waals surface area (Å²) < 4.78 is 5.50. The van der Waals surface area contributed by atoms with Gasteiger partial charge in [-0.25, -0.2) is 4.79 Å². The van der Waals surface area contributed by atoms with Crippen LogP contribution in [0.5, 0.6) is 0 Å². The first-order valence-corrected chi connectivity index (χ1v) is 10.2. The molecule has 1 unspecified atom stereocenters. The number of hydrogen-bond donors (Lipinski definition) is 1. The smallest absolute Gasteiger partial charge is 0.410 e. The van der Waals surface area contributed by atoms with Crippen LogP contribution in [0.25, 0.3) is 0 Å². The maximum absolute atomic E-state index is 12.5. The number of amides is 1. The molecule has 0 spiro atoms. The Balaban J connectivity index is 2.20. The van der Waals surface area contributed by atoms with E-state index in [-0.39, 0.29) is 18.5 Å². The molecule has 0 radical (unpaired) electrons. The van der Waals surface area contributed by atoms with Crippen LogP contribution in [0, 0.1) is 0 Å². The molecular weight excluding hydrogens is 354 g/mol. The number of aliphatic hydroxyl groups is 1. The van der Waals surface area contributed by atoms with Crippen LogP contribution >= 0.6 is 22.7 Å². The number of rotatable bonds is 6. The van der Waals surface area contributed by atoms with Gasteiger partial charge in [0.25, 0.3) is 0 Å². The number of carbonyl (C=O) groups is 1. The Morgan fingerprint density at radius 1 is 1.16 bits per heavy atom. The number of hydrogen-bond acceptors (Lipinski definition) is 5. The lowest BCUT2D eigenvalue weighted by atomic mass is 9.97. The number of nitrogens with zero attached hydrogens (tertiary/aromatic N) is 1. The van der Waals surface area contributed by atoms with E-state index in [0.717, 1.165) is 9.75 Å². The average Bonchev–Trinajstić information content (AvgIpc) is 3.16. The molecule has 0 aliphatic rings. The Hall–Kier alpha value is -1.37. The lowest BCUT2D eigenvalue weighted by Crippen LogP contribution is -2.46. The van der Waals surface area contributed by atoms with Crippen molar-refractivity contribution in [1.82, 2.24) is 4.90 Å². The minimum Gasteiger partial charge on any atom is -0.444 e. The highest BCUT2D eigenvalue weighted by molar-refractivity contribution is 7.11. The predicted molar refractivity (Wildman–Crippen MR) is 105 cm³/mol. The molecule has 138 valence electrons. The van der Waals surface area contributed by atoms with Crippen molar-refractivity contribution < 1.29 is 14.6 Å². The molecule has 0 bridgehead atoms. The van der Waals surface area contributed by atoms with Crippen LogP contribution in [0.4, 0.5) is 4.79 Å². The van der Waals surface area contributed by atoms with E-state index in [1.807, 2.05) is 69.6 Å². The summed E-state index contributed by atoms with van der Waals surface area (Å²) in [6, 6.07) is 7.98. The van der Waals surface area contributed by atoms with Crippen LogP contribution in [0.15, 0.2) is 35.0 Å². The third kappa shape index (κ3) is 5.56. The molecule has 0 saturated carbocycles. The first kappa shape index (κ1) is 19.9. The molecule has 25 heavy (non-hydrogen) atoms. The van der Waals surface area contributed by atoms with Gasteiger partial charge < -0.3 is 14.7 Å². The molecule has 1 atom stereocenters. The fraction of sp³-hybridized carbons (Fsp3) is 0.526. The molecule has 0 aliphatic heterocycles. The molecular formula is C19H27NO3S2. The molecule has 0 aromatic carbocycles. The summed E-state index contributed by atoms with van der Waals surface area (Å²) >= 11 is 3.25. The van der Waals surface area contributed by atoms with Crippen molar-refractivity contribution in [2.45, 2.75) is 58.3 Å². The Morgan fingerprint density at radius 3 is 2.04 bits per heavy atom. The summed E-state index contributed by atoms with van der Waals surface area (Å²) in [4.78, 5) is 16.3. The lowest BCUT2D eigenvalue weighted by molar-refractivity contribution is 0.00599. The summed E-state index contributed by atoms with van der Waals surface area (Å²) in [5, 5.41) is 15.0. The largest absolute Gasteiger partial charge is 0.444 e. The molecule has 2 aromatic rings. The van der Waals surface area contributed by atoms with Crippen LogP contribution in [-0.4, -0.2) is 40.4 Å². The lowest BCUT2D eigenvalue weighted by Gasteiger charge is -2.33. The van der Waals surface area contributed by atoms with Gasteiger partial charge in [-0.05, 0) is 57.5 Å². The Labute approximate surface area is 158 Å². The Bertz CT molecular complexity index is 611. The summed E-state index contributed by atoms with van der Waals surface area (Å²) in [5.74, 6) is -0.135. The van der Waals surface area contributed by atoms with Crippen LogP contribution in [0.1, 0.15) is 50.3 Å². The van der Waals surface area contributed by atoms with E-state index >= 15 is 0 Å². The monoisotopic (exact) mass is 381 g/mol. The summed E-state index contributed by atoms with van der Waals surface area (Å²) in [5.41, 5.74) is -0.559. The van der Waals surface area contributed by atoms with Crippen molar-refractivity contribution >= 4 is 28.8 Å². The van der Waals surface area contributed by atoms with Gasteiger partial charge in [-0.15, -0.1) is 22.7 Å². The number of thiophene rings is 2. The van der Waals surface area contributed by atoms with Gasteiger partial charge in [-0.2, -0.15) is 0 Å². The zero-order chi connectivity index (χ0) is 18.6. The third-order valence-corrected chi connectivity index (χ3v) is 5.63. The normalized spacial score (nSPS) is 13.3. The van der Waals surface area contributed by atoms with E-state index in [2.05, 4.69) is 0 Å². The maximum Gasteiger partial charge on any atom is 0.410 e. The van der Waals surface area contributed by atoms with Crippen molar-refractivity contribution in [3.63, 3.8) is 0 Å². The fourth-order valence-corrected chi connectivity index (χ4v) is 4.46. The second kappa shape index (κ2) is 8.34. The summed E-state index contributed by atoms with van der Waals surface area (Å²) in [6.45, 7) is 9.64. The number of aliphatic hydroxyl groups excluding tert-OH is 1. The Kier molecular flexibility index (Phi) is 6.65. The first-order valence-electron chi connectivity index (χ1n) is 8.43. The average molecular weight is 382 g/mol. The predicted octanol–water partition coefficient (Wildman–Crippen LogP) is 4.95. The van der Waals surface area contributed by atoms with Crippen LogP contribution in [0.2, 0.25) is 0 Å². The fourth-order valence-electron chi connectivity index (χ4n) is 2.58. The van der Waals surface area contributed by atoms with E-state index in [1.165, 1.54) is 0 Å². The van der Waals surface area contributed by atoms with Gasteiger partial charge in [0.2, 0.25) is 0 Å². The Morgan fingerprint density at radius 2 is 1.68 bits per heavy atom. The van der Waals surface area contributed by atoms with E-state index in [9.17, 15) is 9.90 Å². The maximum atomic E-state index is 12.5. The first-order chi connectivity index (χ1) is 11.7. The van der Waals surface area contributed by atoms with Gasteiger partial charge in [0.15, 0.2) is 0 Å². The van der Waals surface area contributed by atoms with Gasteiger partial charge in [0, 0.05) is 15.8 Å². The molecule has 4 nitrogen and oxygen atoms in total. The highest BCUT2D eigenvalue weighted by Crippen LogP contribution is 2.34. The molecule has 0 aliphatic carbocycles. The zero-order valence-electron chi connectivity index (χ0n) is 15.4. The van der Waals surface area contributed by atoms with Crippen molar-refractivity contribution in [2.75, 3.05) is 6.54 Å². The molecule has 2 rings (SSSR count). The van der Waals surface area contributed by atoms with Crippen LogP contribution in [0.3, 0.4) is 0 Å². The number of ether oxygens (including phenoxy) is 1. The zero-order valence-corrected chi connectivity index (χ0v) is 17.1. The molecule has 2 heterocycles. The molecule has 0 saturated heterocycles. The molecule has 0 fully saturated rings. The minimum atomic E-state index is -0.702. The second-order valence-electron chi connectivity index (χ2n) is 7.30. The summed E-state index contributed by atoms with van der Waals surface area (Å²) in [6.07, 6.45) is -1.09. The van der Waals surface area contributed by atoms with E-state index < -0.39 is 17.8 Å². The van der Waals surface area contributed by atoms with Crippen LogP contribution in [-0.2, 0) is 4.74 Å². The topological polar surface area (TPSA) is 49.8 Å². The third-order valence-electron chi connectivity index (χ3n) is 3.72.